The topological polar surface area (TPSA) is 52.6 Å². The van der Waals surface area contributed by atoms with E-state index in [9.17, 15) is 9.59 Å². The first kappa shape index (κ1) is 12.4. The van der Waals surface area contributed by atoms with Crippen LogP contribution in [0, 0.1) is 0 Å². The highest BCUT2D eigenvalue weighted by Crippen LogP contribution is 2.13. The van der Waals surface area contributed by atoms with Gasteiger partial charge in [-0.15, -0.1) is 0 Å². The Morgan fingerprint density at radius 3 is 2.40 bits per heavy atom. The van der Waals surface area contributed by atoms with E-state index in [-0.39, 0.29) is 23.7 Å². The van der Waals surface area contributed by atoms with Gasteiger partial charge in [-0.25, -0.2) is 4.79 Å². The second-order valence-electron chi connectivity index (χ2n) is 3.50. The summed E-state index contributed by atoms with van der Waals surface area (Å²) in [6.45, 7) is 1.04. The van der Waals surface area contributed by atoms with Crippen molar-refractivity contribution in [2.75, 3.05) is 24.1 Å². The van der Waals surface area contributed by atoms with Crippen LogP contribution in [-0.2, 0) is 30.0 Å². The van der Waals surface area contributed by atoms with Crippen LogP contribution in [-0.4, -0.2) is 36.0 Å². The first-order valence-electron chi connectivity index (χ1n) is 5.11. The Morgan fingerprint density at radius 2 is 1.80 bits per heavy atom. The third-order valence-electron chi connectivity index (χ3n) is 2.17. The highest BCUT2D eigenvalue weighted by Gasteiger charge is 2.25. The molecule has 1 rings (SSSR count). The number of esters is 2. The lowest BCUT2D eigenvalue weighted by Crippen LogP contribution is -2.27. The molecule has 0 aromatic carbocycles. The standard InChI is InChI=1S/C10H17O4S/c1-9(11)13-8-14-10(12)7-15-5-3-2-4-6-15/h2-8H2,1H3/q+1. The molecule has 1 saturated heterocycles. The van der Waals surface area contributed by atoms with Gasteiger partial charge in [0.2, 0.25) is 12.5 Å². The van der Waals surface area contributed by atoms with E-state index in [4.69, 9.17) is 4.74 Å². The summed E-state index contributed by atoms with van der Waals surface area (Å²) in [6, 6.07) is 0. The smallest absolute Gasteiger partial charge is 0.359 e. The zero-order chi connectivity index (χ0) is 11.1. The number of carbonyl (C=O) groups excluding carboxylic acids is 2. The van der Waals surface area contributed by atoms with Gasteiger partial charge in [-0.3, -0.25) is 4.79 Å². The number of hydrogen-bond acceptors (Lipinski definition) is 4. The molecule has 0 aliphatic carbocycles. The quantitative estimate of drug-likeness (QED) is 0.410. The molecule has 0 saturated carbocycles. The Kier molecular flexibility index (Phi) is 5.53. The predicted molar refractivity (Wildman–Crippen MR) is 58.5 cm³/mol. The molecule has 0 amide bonds. The Labute approximate surface area is 92.7 Å². The lowest BCUT2D eigenvalue weighted by atomic mass is 10.3. The van der Waals surface area contributed by atoms with E-state index in [0.29, 0.717) is 5.75 Å². The summed E-state index contributed by atoms with van der Waals surface area (Å²) in [7, 11) is 0.196. The van der Waals surface area contributed by atoms with Crippen LogP contribution in [0.15, 0.2) is 0 Å². The molecule has 0 bridgehead atoms. The fourth-order valence-corrected chi connectivity index (χ4v) is 3.56. The maximum atomic E-state index is 11.3. The van der Waals surface area contributed by atoms with E-state index in [1.54, 1.807) is 0 Å². The zero-order valence-electron chi connectivity index (χ0n) is 8.99. The van der Waals surface area contributed by atoms with Crippen LogP contribution in [0.4, 0.5) is 0 Å². The summed E-state index contributed by atoms with van der Waals surface area (Å²) in [5, 5.41) is 0. The third-order valence-corrected chi connectivity index (χ3v) is 4.55. The molecule has 0 aromatic rings. The van der Waals surface area contributed by atoms with Crippen LogP contribution >= 0.6 is 0 Å². The molecule has 0 unspecified atom stereocenters. The average molecular weight is 233 g/mol. The van der Waals surface area contributed by atoms with Crippen LogP contribution in [0.25, 0.3) is 0 Å². The van der Waals surface area contributed by atoms with Gasteiger partial charge in [0, 0.05) is 6.92 Å². The number of ether oxygens (including phenoxy) is 2. The summed E-state index contributed by atoms with van der Waals surface area (Å²) in [5.41, 5.74) is 0. The summed E-state index contributed by atoms with van der Waals surface area (Å²) < 4.78 is 9.30. The summed E-state index contributed by atoms with van der Waals surface area (Å²) in [5.74, 6) is 2.09. The normalized spacial score (nSPS) is 17.1. The van der Waals surface area contributed by atoms with Crippen molar-refractivity contribution in [3.63, 3.8) is 0 Å². The minimum atomic E-state index is -0.428. The van der Waals surface area contributed by atoms with Crippen LogP contribution in [0.2, 0.25) is 0 Å². The van der Waals surface area contributed by atoms with E-state index >= 15 is 0 Å². The van der Waals surface area contributed by atoms with E-state index in [0.717, 1.165) is 11.5 Å². The van der Waals surface area contributed by atoms with E-state index in [1.165, 1.54) is 26.2 Å². The molecule has 1 fully saturated rings. The van der Waals surface area contributed by atoms with Crippen molar-refractivity contribution < 1.29 is 19.1 Å². The lowest BCUT2D eigenvalue weighted by Gasteiger charge is -2.12. The first-order valence-corrected chi connectivity index (χ1v) is 6.85. The maximum Gasteiger partial charge on any atom is 0.359 e. The van der Waals surface area contributed by atoms with Crippen molar-refractivity contribution in [1.82, 2.24) is 0 Å². The Bertz CT molecular complexity index is 223. The molecular formula is C10H17O4S+. The molecule has 1 aliphatic heterocycles. The molecule has 15 heavy (non-hydrogen) atoms. The largest absolute Gasteiger partial charge is 0.428 e. The number of hydrogen-bond donors (Lipinski definition) is 0. The van der Waals surface area contributed by atoms with E-state index in [1.807, 2.05) is 0 Å². The minimum absolute atomic E-state index is 0.196. The third kappa shape index (κ3) is 5.67. The molecule has 0 spiro atoms. The predicted octanol–water partition coefficient (Wildman–Crippen LogP) is 0.852. The molecule has 1 heterocycles. The molecule has 0 aromatic heterocycles. The second-order valence-corrected chi connectivity index (χ2v) is 5.83. The monoisotopic (exact) mass is 233 g/mol. The molecule has 0 atom stereocenters. The van der Waals surface area contributed by atoms with Crippen LogP contribution in [0.1, 0.15) is 26.2 Å². The van der Waals surface area contributed by atoms with Crippen molar-refractivity contribution >= 4 is 22.8 Å². The van der Waals surface area contributed by atoms with Crippen molar-refractivity contribution in [2.45, 2.75) is 26.2 Å². The number of rotatable bonds is 4. The molecule has 4 nitrogen and oxygen atoms in total. The van der Waals surface area contributed by atoms with Gasteiger partial charge in [0.1, 0.15) is 11.5 Å². The Hall–Kier alpha value is -0.710. The van der Waals surface area contributed by atoms with Crippen LogP contribution < -0.4 is 0 Å². The lowest BCUT2D eigenvalue weighted by molar-refractivity contribution is -0.163. The van der Waals surface area contributed by atoms with Crippen molar-refractivity contribution in [1.29, 1.82) is 0 Å². The number of carbonyl (C=O) groups is 2. The van der Waals surface area contributed by atoms with Crippen molar-refractivity contribution in [2.24, 2.45) is 0 Å². The van der Waals surface area contributed by atoms with E-state index < -0.39 is 5.97 Å². The van der Waals surface area contributed by atoms with Crippen molar-refractivity contribution in [3.05, 3.63) is 0 Å². The molecule has 0 radical (unpaired) electrons. The summed E-state index contributed by atoms with van der Waals surface area (Å²) in [6.07, 6.45) is 3.73. The zero-order valence-corrected chi connectivity index (χ0v) is 9.81. The van der Waals surface area contributed by atoms with Gasteiger partial charge < -0.3 is 9.47 Å². The maximum absolute atomic E-state index is 11.3. The van der Waals surface area contributed by atoms with Gasteiger partial charge in [-0.05, 0) is 30.2 Å². The molecule has 1 aliphatic rings. The average Bonchev–Trinajstić information content (AvgIpc) is 2.18. The minimum Gasteiger partial charge on any atom is -0.428 e. The molecular weight excluding hydrogens is 216 g/mol. The Morgan fingerprint density at radius 1 is 1.13 bits per heavy atom. The highest BCUT2D eigenvalue weighted by atomic mass is 32.2. The summed E-state index contributed by atoms with van der Waals surface area (Å²) >= 11 is 0. The molecule has 0 N–H and O–H groups in total. The SMILES string of the molecule is CC(=O)OCOC(=O)C[S+]1CCCCC1. The van der Waals surface area contributed by atoms with Gasteiger partial charge in [0.25, 0.3) is 0 Å². The van der Waals surface area contributed by atoms with Crippen LogP contribution in [0.5, 0.6) is 0 Å². The highest BCUT2D eigenvalue weighted by molar-refractivity contribution is 7.97. The van der Waals surface area contributed by atoms with Crippen molar-refractivity contribution in [3.8, 4) is 0 Å². The van der Waals surface area contributed by atoms with Gasteiger partial charge in [-0.1, -0.05) is 0 Å². The fourth-order valence-electron chi connectivity index (χ4n) is 1.42. The van der Waals surface area contributed by atoms with Gasteiger partial charge >= 0.3 is 11.9 Å². The Balaban J connectivity index is 2.09. The summed E-state index contributed by atoms with van der Waals surface area (Å²) in [4.78, 5) is 21.7. The van der Waals surface area contributed by atoms with Gasteiger partial charge in [-0.2, -0.15) is 0 Å². The second kappa shape index (κ2) is 6.71. The van der Waals surface area contributed by atoms with Gasteiger partial charge in [0.15, 0.2) is 0 Å². The fraction of sp³-hybridized carbons (Fsp3) is 0.800. The first-order chi connectivity index (χ1) is 7.18. The van der Waals surface area contributed by atoms with E-state index in [2.05, 4.69) is 4.74 Å². The van der Waals surface area contributed by atoms with Gasteiger partial charge in [0.05, 0.1) is 0 Å². The molecule has 5 heteroatoms. The molecule has 86 valence electrons. The van der Waals surface area contributed by atoms with Crippen LogP contribution in [0.3, 0.4) is 0 Å².